The maximum atomic E-state index is 5.84. The zero-order chi connectivity index (χ0) is 18.0. The number of terminal acetylenes is 2. The Morgan fingerprint density at radius 3 is 2.24 bits per heavy atom. The molecule has 0 amide bonds. The number of nitrogens with two attached hydrogens (primary N) is 1. The van der Waals surface area contributed by atoms with Crippen molar-refractivity contribution in [2.24, 2.45) is 5.92 Å². The van der Waals surface area contributed by atoms with Crippen LogP contribution in [0.5, 0.6) is 0 Å². The average Bonchev–Trinajstić information content (AvgIpc) is 3.43. The summed E-state index contributed by atoms with van der Waals surface area (Å²) in [5.41, 5.74) is 8.44. The highest BCUT2D eigenvalue weighted by atomic mass is 15.2. The molecule has 126 valence electrons. The summed E-state index contributed by atoms with van der Waals surface area (Å²) in [6, 6.07) is 5.86. The van der Waals surface area contributed by atoms with Gasteiger partial charge in [-0.2, -0.15) is 15.0 Å². The predicted octanol–water partition coefficient (Wildman–Crippen LogP) is 3.10. The molecule has 0 spiro atoms. The molecule has 3 N–H and O–H groups in total. The van der Waals surface area contributed by atoms with Gasteiger partial charge < -0.3 is 11.1 Å². The van der Waals surface area contributed by atoms with E-state index in [4.69, 9.17) is 18.6 Å². The van der Waals surface area contributed by atoms with Crippen LogP contribution in [0.4, 0.5) is 11.9 Å². The molecule has 0 bridgehead atoms. The van der Waals surface area contributed by atoms with E-state index >= 15 is 0 Å². The molecule has 0 saturated heterocycles. The molecule has 1 atom stereocenters. The first-order valence-electron chi connectivity index (χ1n) is 8.36. The zero-order valence-electron chi connectivity index (χ0n) is 14.5. The molecule has 1 aliphatic rings. The van der Waals surface area contributed by atoms with Crippen molar-refractivity contribution in [3.05, 3.63) is 40.7 Å². The fraction of sp³-hybridized carbons (Fsp3) is 0.350. The molecule has 25 heavy (non-hydrogen) atoms. The second-order valence-electron chi connectivity index (χ2n) is 6.62. The van der Waals surface area contributed by atoms with E-state index in [1.54, 1.807) is 0 Å². The minimum absolute atomic E-state index is 0.0437. The van der Waals surface area contributed by atoms with E-state index in [1.807, 2.05) is 32.0 Å². The number of rotatable bonds is 5. The molecule has 1 fully saturated rings. The Kier molecular flexibility index (Phi) is 4.59. The van der Waals surface area contributed by atoms with Gasteiger partial charge in [0, 0.05) is 17.0 Å². The number of hydrogen-bond donors (Lipinski definition) is 2. The monoisotopic (exact) mass is 331 g/mol. The van der Waals surface area contributed by atoms with E-state index < -0.39 is 0 Å². The number of hydrogen-bond acceptors (Lipinski definition) is 5. The molecule has 1 aromatic heterocycles. The topological polar surface area (TPSA) is 76.7 Å². The van der Waals surface area contributed by atoms with Gasteiger partial charge in [0.2, 0.25) is 11.9 Å². The normalized spacial score (nSPS) is 14.6. The lowest BCUT2D eigenvalue weighted by atomic mass is 9.97. The summed E-state index contributed by atoms with van der Waals surface area (Å²) < 4.78 is 0. The van der Waals surface area contributed by atoms with Gasteiger partial charge in [-0.3, -0.25) is 0 Å². The first-order valence-corrected chi connectivity index (χ1v) is 8.36. The van der Waals surface area contributed by atoms with Gasteiger partial charge in [0.25, 0.3) is 0 Å². The highest BCUT2D eigenvalue weighted by Gasteiger charge is 2.33. The van der Waals surface area contributed by atoms with Gasteiger partial charge in [-0.1, -0.05) is 25.7 Å². The molecule has 1 heterocycles. The molecule has 0 aliphatic heterocycles. The van der Waals surface area contributed by atoms with E-state index in [-0.39, 0.29) is 17.9 Å². The summed E-state index contributed by atoms with van der Waals surface area (Å²) in [6.45, 7) is 4.04. The van der Waals surface area contributed by atoms with Crippen molar-refractivity contribution in [2.45, 2.75) is 38.6 Å². The lowest BCUT2D eigenvalue weighted by Crippen LogP contribution is -2.17. The maximum Gasteiger partial charge on any atom is 0.228 e. The Morgan fingerprint density at radius 2 is 1.72 bits per heavy atom. The molecule has 1 unspecified atom stereocenters. The Bertz CT molecular complexity index is 836. The molecule has 2 aromatic rings. The van der Waals surface area contributed by atoms with Gasteiger partial charge in [0.1, 0.15) is 5.82 Å². The second-order valence-corrected chi connectivity index (χ2v) is 6.62. The zero-order valence-corrected chi connectivity index (χ0v) is 14.5. The lowest BCUT2D eigenvalue weighted by Gasteiger charge is -2.20. The fourth-order valence-electron chi connectivity index (χ4n) is 2.77. The molecule has 3 rings (SSSR count). The number of benzene rings is 1. The van der Waals surface area contributed by atoms with Crippen LogP contribution in [0.15, 0.2) is 18.2 Å². The van der Waals surface area contributed by atoms with Crippen LogP contribution in [0.2, 0.25) is 0 Å². The molecule has 1 aromatic carbocycles. The summed E-state index contributed by atoms with van der Waals surface area (Å²) in [5.74, 6) is 7.39. The number of anilines is 2. The van der Waals surface area contributed by atoms with Gasteiger partial charge in [0.15, 0.2) is 0 Å². The summed E-state index contributed by atoms with van der Waals surface area (Å²) in [4.78, 5) is 12.9. The quantitative estimate of drug-likeness (QED) is 0.823. The van der Waals surface area contributed by atoms with Crippen LogP contribution in [0.3, 0.4) is 0 Å². The van der Waals surface area contributed by atoms with Crippen LogP contribution in [0.25, 0.3) is 0 Å². The molecule has 1 aliphatic carbocycles. The van der Waals surface area contributed by atoms with Gasteiger partial charge in [-0.25, -0.2) is 0 Å². The first-order chi connectivity index (χ1) is 12.0. The molecule has 5 heteroatoms. The summed E-state index contributed by atoms with van der Waals surface area (Å²) in [5, 5.41) is 3.42. The van der Waals surface area contributed by atoms with Crippen LogP contribution in [0, 0.1) is 30.6 Å². The lowest BCUT2D eigenvalue weighted by molar-refractivity contribution is 0.665. The van der Waals surface area contributed by atoms with Crippen molar-refractivity contribution in [2.75, 3.05) is 11.1 Å². The van der Waals surface area contributed by atoms with E-state index in [0.717, 1.165) is 29.5 Å². The van der Waals surface area contributed by atoms with Crippen LogP contribution in [-0.2, 0) is 0 Å². The van der Waals surface area contributed by atoms with Crippen LogP contribution in [0.1, 0.15) is 61.2 Å². The Morgan fingerprint density at radius 1 is 1.08 bits per heavy atom. The maximum absolute atomic E-state index is 5.84. The van der Waals surface area contributed by atoms with Gasteiger partial charge >= 0.3 is 0 Å². The van der Waals surface area contributed by atoms with E-state index in [9.17, 15) is 0 Å². The number of aromatic nitrogens is 3. The standard InChI is InChI=1S/C20H21N5/c1-5-13-9-14(6-2)11-16(10-13)17(15-7-8-15)22-20-24-18(12(3)4)23-19(21)25-20/h1-2,9-12,15,17H,7-8H2,3-4H3,(H3,21,22,23,24,25). The molecular formula is C20H21N5. The Hall–Kier alpha value is -3.05. The highest BCUT2D eigenvalue weighted by Crippen LogP contribution is 2.43. The molecule has 0 radical (unpaired) electrons. The minimum atomic E-state index is 0.0437. The Balaban J connectivity index is 1.96. The molecule has 1 saturated carbocycles. The Labute approximate surface area is 148 Å². The van der Waals surface area contributed by atoms with Gasteiger partial charge in [-0.05, 0) is 42.5 Å². The third-order valence-electron chi connectivity index (χ3n) is 4.21. The van der Waals surface area contributed by atoms with Crippen molar-refractivity contribution in [1.82, 2.24) is 15.0 Å². The van der Waals surface area contributed by atoms with Crippen molar-refractivity contribution in [3.63, 3.8) is 0 Å². The average molecular weight is 331 g/mol. The SMILES string of the molecule is C#Cc1cc(C#C)cc(C(Nc2nc(N)nc(C(C)C)n2)C2CC2)c1. The predicted molar refractivity (Wildman–Crippen MR) is 99.7 cm³/mol. The minimum Gasteiger partial charge on any atom is -0.368 e. The second kappa shape index (κ2) is 6.83. The van der Waals surface area contributed by atoms with Crippen molar-refractivity contribution < 1.29 is 0 Å². The number of nitrogen functional groups attached to an aromatic ring is 1. The molecule has 5 nitrogen and oxygen atoms in total. The highest BCUT2D eigenvalue weighted by molar-refractivity contribution is 5.48. The molecular weight excluding hydrogens is 310 g/mol. The van der Waals surface area contributed by atoms with E-state index in [1.165, 1.54) is 0 Å². The van der Waals surface area contributed by atoms with Crippen LogP contribution >= 0.6 is 0 Å². The summed E-state index contributed by atoms with van der Waals surface area (Å²) >= 11 is 0. The van der Waals surface area contributed by atoms with Crippen molar-refractivity contribution in [3.8, 4) is 24.7 Å². The smallest absolute Gasteiger partial charge is 0.228 e. The third-order valence-corrected chi connectivity index (χ3v) is 4.21. The summed E-state index contributed by atoms with van der Waals surface area (Å²) in [7, 11) is 0. The number of nitrogens with zero attached hydrogens (tertiary/aromatic N) is 3. The van der Waals surface area contributed by atoms with Crippen LogP contribution in [-0.4, -0.2) is 15.0 Å². The third kappa shape index (κ3) is 3.89. The fourth-order valence-corrected chi connectivity index (χ4v) is 2.77. The van der Waals surface area contributed by atoms with E-state index in [2.05, 4.69) is 32.1 Å². The van der Waals surface area contributed by atoms with Gasteiger partial charge in [-0.15, -0.1) is 12.8 Å². The van der Waals surface area contributed by atoms with Crippen molar-refractivity contribution >= 4 is 11.9 Å². The number of nitrogens with one attached hydrogen (secondary N) is 1. The van der Waals surface area contributed by atoms with Gasteiger partial charge in [0.05, 0.1) is 6.04 Å². The largest absolute Gasteiger partial charge is 0.368 e. The summed E-state index contributed by atoms with van der Waals surface area (Å²) in [6.07, 6.45) is 13.4. The van der Waals surface area contributed by atoms with Crippen molar-refractivity contribution in [1.29, 1.82) is 0 Å². The van der Waals surface area contributed by atoms with E-state index in [0.29, 0.717) is 17.7 Å². The van der Waals surface area contributed by atoms with Crippen LogP contribution < -0.4 is 11.1 Å². The first kappa shape index (κ1) is 16.8.